The summed E-state index contributed by atoms with van der Waals surface area (Å²) in [6, 6.07) is 7.60. The van der Waals surface area contributed by atoms with Gasteiger partial charge in [-0.2, -0.15) is 0 Å². The highest BCUT2D eigenvalue weighted by Gasteiger charge is 2.35. The number of amidine groups is 1. The third-order valence-corrected chi connectivity index (χ3v) is 4.62. The van der Waals surface area contributed by atoms with E-state index in [0.717, 1.165) is 29.6 Å². The number of nitrogens with zero attached hydrogens (tertiary/aromatic N) is 1. The van der Waals surface area contributed by atoms with Crippen LogP contribution in [0.4, 0.5) is 5.69 Å². The second kappa shape index (κ2) is 8.29. The van der Waals surface area contributed by atoms with E-state index in [-0.39, 0.29) is 28.1 Å². The number of methoxy groups -OCH3 is 1. The molecule has 0 aromatic heterocycles. The summed E-state index contributed by atoms with van der Waals surface area (Å²) in [4.78, 5) is 17.3. The second-order valence-electron chi connectivity index (χ2n) is 4.41. The Morgan fingerprint density at radius 3 is 2.62 bits per heavy atom. The molecule has 7 heteroatoms. The third-order valence-electron chi connectivity index (χ3n) is 3.25. The van der Waals surface area contributed by atoms with E-state index in [0.29, 0.717) is 0 Å². The lowest BCUT2D eigenvalue weighted by molar-refractivity contribution is -0.418. The van der Waals surface area contributed by atoms with Crippen LogP contribution in [0, 0.1) is 0 Å². The van der Waals surface area contributed by atoms with Crippen molar-refractivity contribution in [2.24, 2.45) is 0 Å². The van der Waals surface area contributed by atoms with Crippen molar-refractivity contribution in [1.82, 2.24) is 5.32 Å². The van der Waals surface area contributed by atoms with Crippen LogP contribution in [0.3, 0.4) is 0 Å². The first-order valence-electron chi connectivity index (χ1n) is 6.54. The van der Waals surface area contributed by atoms with Crippen LogP contribution < -0.4 is 36.9 Å². The summed E-state index contributed by atoms with van der Waals surface area (Å²) in [5.74, 6) is 0.954. The number of amides is 1. The van der Waals surface area contributed by atoms with Gasteiger partial charge in [0, 0.05) is 12.2 Å². The quantitative estimate of drug-likeness (QED) is 0.433. The van der Waals surface area contributed by atoms with Crippen LogP contribution in [0.2, 0.25) is 0 Å². The zero-order valence-corrected chi connectivity index (χ0v) is 14.8. The van der Waals surface area contributed by atoms with Crippen LogP contribution in [0.15, 0.2) is 24.3 Å². The zero-order chi connectivity index (χ0) is 14.5. The first-order valence-corrected chi connectivity index (χ1v) is 7.42. The van der Waals surface area contributed by atoms with Gasteiger partial charge in [-0.15, -0.1) is 0 Å². The second-order valence-corrected chi connectivity index (χ2v) is 5.63. The van der Waals surface area contributed by atoms with Gasteiger partial charge in [-0.05, 0) is 42.4 Å². The highest BCUT2D eigenvalue weighted by atomic mass is 79.9. The lowest BCUT2D eigenvalue weighted by atomic mass is 10.3. The Morgan fingerprint density at radius 2 is 2.10 bits per heavy atom. The topological polar surface area (TPSA) is 55.5 Å². The van der Waals surface area contributed by atoms with E-state index in [2.05, 4.69) is 10.3 Å². The number of nitrogens with one attached hydrogen (secondary N) is 2. The smallest absolute Gasteiger partial charge is 0.304 e. The summed E-state index contributed by atoms with van der Waals surface area (Å²) < 4.78 is 5.13. The predicted molar refractivity (Wildman–Crippen MR) is 82.3 cm³/mol. The number of rotatable bonds is 3. The van der Waals surface area contributed by atoms with Gasteiger partial charge in [0.15, 0.2) is 0 Å². The predicted octanol–water partition coefficient (Wildman–Crippen LogP) is -3.18. The molecule has 116 valence electrons. The van der Waals surface area contributed by atoms with E-state index in [1.54, 1.807) is 18.9 Å². The molecular weight excluding hydrogens is 354 g/mol. The summed E-state index contributed by atoms with van der Waals surface area (Å²) in [5.41, 5.74) is 0.925. The average molecular weight is 374 g/mol. The fourth-order valence-corrected chi connectivity index (χ4v) is 3.14. The maximum atomic E-state index is 12.4. The van der Waals surface area contributed by atoms with Gasteiger partial charge in [-0.25, -0.2) is 0 Å². The van der Waals surface area contributed by atoms with Crippen molar-refractivity contribution < 1.29 is 31.5 Å². The van der Waals surface area contributed by atoms with Gasteiger partial charge in [0.25, 0.3) is 0 Å². The van der Waals surface area contributed by atoms with Gasteiger partial charge < -0.3 is 26.6 Å². The molecule has 1 aliphatic heterocycles. The Kier molecular flexibility index (Phi) is 7.04. The summed E-state index contributed by atoms with van der Waals surface area (Å²) in [5, 5.41) is 3.93. The van der Waals surface area contributed by atoms with Crippen molar-refractivity contribution in [1.29, 1.82) is 0 Å². The molecule has 1 aromatic carbocycles. The fraction of sp³-hybridized carbons (Fsp3) is 0.429. The Labute approximate surface area is 139 Å². The van der Waals surface area contributed by atoms with Crippen LogP contribution >= 0.6 is 11.8 Å². The lowest BCUT2D eigenvalue weighted by Crippen LogP contribution is -3.00. The molecular formula is C14H20BrN3O2S. The van der Waals surface area contributed by atoms with Crippen molar-refractivity contribution in [2.45, 2.75) is 11.7 Å². The number of carbonyl (C=O) groups excluding carboxylic acids is 1. The van der Waals surface area contributed by atoms with E-state index in [4.69, 9.17) is 4.74 Å². The first kappa shape index (κ1) is 17.8. The molecule has 1 atom stereocenters. The van der Waals surface area contributed by atoms with Crippen molar-refractivity contribution in [3.8, 4) is 5.75 Å². The summed E-state index contributed by atoms with van der Waals surface area (Å²) in [6.07, 6.45) is 0.850. The Hall–Kier alpha value is -1.21. The number of halogens is 1. The molecule has 0 spiro atoms. The highest BCUT2D eigenvalue weighted by Crippen LogP contribution is 2.29. The lowest BCUT2D eigenvalue weighted by Gasteiger charge is -2.16. The molecule has 2 rings (SSSR count). The van der Waals surface area contributed by atoms with Gasteiger partial charge in [-0.1, -0.05) is 0 Å². The van der Waals surface area contributed by atoms with Crippen LogP contribution in [0.5, 0.6) is 5.75 Å². The van der Waals surface area contributed by atoms with Crippen molar-refractivity contribution in [2.75, 3.05) is 32.6 Å². The molecule has 0 bridgehead atoms. The number of hydrogen-bond donors (Lipinski definition) is 2. The SMILES string of the molecule is CNC(=[NH+]C)SC1CCN(c2ccc(OC)cc2)C1=O.[Br-]. The highest BCUT2D eigenvalue weighted by molar-refractivity contribution is 8.14. The Balaban J connectivity index is 0.00000220. The molecule has 21 heavy (non-hydrogen) atoms. The van der Waals surface area contributed by atoms with E-state index in [9.17, 15) is 4.79 Å². The average Bonchev–Trinajstić information content (AvgIpc) is 2.86. The molecule has 1 heterocycles. The minimum Gasteiger partial charge on any atom is -1.00 e. The summed E-state index contributed by atoms with van der Waals surface area (Å²) >= 11 is 1.55. The van der Waals surface area contributed by atoms with E-state index in [1.807, 2.05) is 43.3 Å². The number of hydrogen-bond acceptors (Lipinski definition) is 3. The number of ether oxygens (including phenoxy) is 1. The molecule has 0 aliphatic carbocycles. The Morgan fingerprint density at radius 1 is 1.43 bits per heavy atom. The Bertz CT molecular complexity index is 507. The van der Waals surface area contributed by atoms with E-state index >= 15 is 0 Å². The number of carbonyl (C=O) groups is 1. The van der Waals surface area contributed by atoms with Gasteiger partial charge >= 0.3 is 5.17 Å². The van der Waals surface area contributed by atoms with E-state index in [1.165, 1.54) is 0 Å². The molecule has 1 aliphatic rings. The molecule has 1 aromatic rings. The van der Waals surface area contributed by atoms with Gasteiger partial charge in [0.2, 0.25) is 5.91 Å². The monoisotopic (exact) mass is 373 g/mol. The normalized spacial score (nSPS) is 18.4. The number of anilines is 1. The molecule has 1 unspecified atom stereocenters. The summed E-state index contributed by atoms with van der Waals surface area (Å²) in [6.45, 7) is 0.754. The standard InChI is InChI=1S/C14H19N3O2S.BrH/c1-15-14(16-2)20-12-8-9-17(13(12)18)10-4-6-11(19-3)7-5-10;/h4-7,12H,8-9H2,1-3H3,(H,15,16);1H. The maximum Gasteiger partial charge on any atom is 0.304 e. The minimum absolute atomic E-state index is 0. The molecule has 5 nitrogen and oxygen atoms in total. The van der Waals surface area contributed by atoms with Crippen molar-refractivity contribution in [3.63, 3.8) is 0 Å². The van der Waals surface area contributed by atoms with Crippen LogP contribution in [-0.4, -0.2) is 44.1 Å². The summed E-state index contributed by atoms with van der Waals surface area (Å²) in [7, 11) is 5.33. The largest absolute Gasteiger partial charge is 1.00 e. The minimum atomic E-state index is -0.0352. The van der Waals surface area contributed by atoms with Crippen molar-refractivity contribution >= 4 is 28.5 Å². The van der Waals surface area contributed by atoms with Gasteiger partial charge in [0.05, 0.1) is 26.5 Å². The molecule has 1 saturated heterocycles. The van der Waals surface area contributed by atoms with Crippen LogP contribution in [0.1, 0.15) is 6.42 Å². The van der Waals surface area contributed by atoms with Crippen LogP contribution in [-0.2, 0) is 4.79 Å². The molecule has 1 fully saturated rings. The molecule has 1 amide bonds. The maximum absolute atomic E-state index is 12.4. The molecule has 0 radical (unpaired) electrons. The molecule has 0 saturated carbocycles. The van der Waals surface area contributed by atoms with Gasteiger partial charge in [0.1, 0.15) is 5.75 Å². The van der Waals surface area contributed by atoms with Gasteiger partial charge in [-0.3, -0.25) is 15.1 Å². The zero-order valence-electron chi connectivity index (χ0n) is 12.4. The third kappa shape index (κ3) is 4.14. The van der Waals surface area contributed by atoms with E-state index < -0.39 is 0 Å². The number of thioether (sulfide) groups is 1. The first-order chi connectivity index (χ1) is 9.69. The van der Waals surface area contributed by atoms with Crippen molar-refractivity contribution in [3.05, 3.63) is 24.3 Å². The number of benzene rings is 1. The molecule has 2 N–H and O–H groups in total. The van der Waals surface area contributed by atoms with Crippen LogP contribution in [0.25, 0.3) is 0 Å². The fourth-order valence-electron chi connectivity index (χ4n) is 2.17.